The van der Waals surface area contributed by atoms with Gasteiger partial charge in [-0.25, -0.2) is 5.01 Å². The van der Waals surface area contributed by atoms with Crippen LogP contribution in [0.2, 0.25) is 0 Å². The van der Waals surface area contributed by atoms with Crippen molar-refractivity contribution in [2.75, 3.05) is 11.6 Å². The zero-order valence-corrected chi connectivity index (χ0v) is 16.2. The van der Waals surface area contributed by atoms with Crippen LogP contribution in [0.5, 0.6) is 5.75 Å². The molecule has 2 amide bonds. The molecular formula is C21H20F3N3O3. The number of hydrazone groups is 1. The highest BCUT2D eigenvalue weighted by molar-refractivity contribution is 6.40. The van der Waals surface area contributed by atoms with E-state index in [2.05, 4.69) is 15.2 Å². The summed E-state index contributed by atoms with van der Waals surface area (Å²) in [5, 5.41) is 8.16. The second-order valence-electron chi connectivity index (χ2n) is 6.82. The van der Waals surface area contributed by atoms with E-state index in [1.54, 1.807) is 18.2 Å². The van der Waals surface area contributed by atoms with Gasteiger partial charge in [0.15, 0.2) is 6.61 Å². The molecule has 0 saturated heterocycles. The first kappa shape index (κ1) is 21.4. The van der Waals surface area contributed by atoms with Crippen LogP contribution in [-0.2, 0) is 16.1 Å². The van der Waals surface area contributed by atoms with Gasteiger partial charge in [-0.2, -0.15) is 18.3 Å². The van der Waals surface area contributed by atoms with Crippen molar-refractivity contribution in [3.8, 4) is 5.75 Å². The molecule has 0 radical (unpaired) electrons. The van der Waals surface area contributed by atoms with E-state index < -0.39 is 18.7 Å². The van der Waals surface area contributed by atoms with Gasteiger partial charge >= 0.3 is 6.18 Å². The van der Waals surface area contributed by atoms with Crippen molar-refractivity contribution in [1.82, 2.24) is 5.32 Å². The first-order chi connectivity index (χ1) is 14.2. The summed E-state index contributed by atoms with van der Waals surface area (Å²) >= 11 is 0. The quantitative estimate of drug-likeness (QED) is 0.776. The molecule has 0 aromatic heterocycles. The van der Waals surface area contributed by atoms with Crippen LogP contribution in [0.15, 0.2) is 53.6 Å². The Hall–Kier alpha value is -3.36. The molecule has 2 aromatic rings. The lowest BCUT2D eigenvalue weighted by Crippen LogP contribution is -2.38. The molecule has 0 fully saturated rings. The van der Waals surface area contributed by atoms with E-state index in [0.29, 0.717) is 11.3 Å². The fraction of sp³-hybridized carbons (Fsp3) is 0.286. The zero-order chi connectivity index (χ0) is 21.7. The topological polar surface area (TPSA) is 71.0 Å². The van der Waals surface area contributed by atoms with Crippen LogP contribution in [0.1, 0.15) is 24.0 Å². The maximum absolute atomic E-state index is 12.5. The van der Waals surface area contributed by atoms with Gasteiger partial charge in [-0.05, 0) is 42.3 Å². The van der Waals surface area contributed by atoms with Gasteiger partial charge in [0.25, 0.3) is 5.91 Å². The third kappa shape index (κ3) is 5.82. The van der Waals surface area contributed by atoms with E-state index in [-0.39, 0.29) is 36.8 Å². The van der Waals surface area contributed by atoms with E-state index in [0.717, 1.165) is 5.56 Å². The number of hydrogen-bond donors (Lipinski definition) is 1. The Bertz CT molecular complexity index is 956. The van der Waals surface area contributed by atoms with Gasteiger partial charge in [0, 0.05) is 19.4 Å². The van der Waals surface area contributed by atoms with Gasteiger partial charge in [-0.3, -0.25) is 9.59 Å². The normalized spacial score (nSPS) is 14.3. The average Bonchev–Trinajstić information content (AvgIpc) is 2.71. The number of rotatable bonds is 6. The molecule has 1 N–H and O–H groups in total. The predicted molar refractivity (Wildman–Crippen MR) is 105 cm³/mol. The molecule has 0 saturated carbocycles. The SMILES string of the molecule is Cc1cccc(N2N=C(C(=O)NCc3ccc(OCC(F)(F)F)cc3)CCC2=O)c1. The summed E-state index contributed by atoms with van der Waals surface area (Å²) in [6.07, 6.45) is -4.00. The Kier molecular flexibility index (Phi) is 6.39. The number of aryl methyl sites for hydroxylation is 1. The van der Waals surface area contributed by atoms with Crippen molar-refractivity contribution in [2.24, 2.45) is 5.10 Å². The first-order valence-electron chi connectivity index (χ1n) is 9.25. The van der Waals surface area contributed by atoms with Crippen molar-refractivity contribution in [3.63, 3.8) is 0 Å². The number of nitrogens with zero attached hydrogens (tertiary/aromatic N) is 2. The Labute approximate surface area is 171 Å². The summed E-state index contributed by atoms with van der Waals surface area (Å²) in [6, 6.07) is 13.2. The van der Waals surface area contributed by atoms with Crippen LogP contribution in [0.3, 0.4) is 0 Å². The maximum atomic E-state index is 12.5. The van der Waals surface area contributed by atoms with E-state index in [9.17, 15) is 22.8 Å². The molecule has 9 heteroatoms. The van der Waals surface area contributed by atoms with Crippen LogP contribution in [0.4, 0.5) is 18.9 Å². The maximum Gasteiger partial charge on any atom is 0.422 e. The van der Waals surface area contributed by atoms with E-state index in [4.69, 9.17) is 0 Å². The van der Waals surface area contributed by atoms with Crippen LogP contribution in [0.25, 0.3) is 0 Å². The number of nitrogens with one attached hydrogen (secondary N) is 1. The molecule has 30 heavy (non-hydrogen) atoms. The number of benzene rings is 2. The van der Waals surface area contributed by atoms with Crippen molar-refractivity contribution < 1.29 is 27.5 Å². The number of hydrogen-bond acceptors (Lipinski definition) is 4. The Morgan fingerprint density at radius 3 is 2.57 bits per heavy atom. The highest BCUT2D eigenvalue weighted by Gasteiger charge is 2.28. The molecular weight excluding hydrogens is 399 g/mol. The number of alkyl halides is 3. The monoisotopic (exact) mass is 419 g/mol. The lowest BCUT2D eigenvalue weighted by molar-refractivity contribution is -0.153. The first-order valence-corrected chi connectivity index (χ1v) is 9.25. The standard InChI is InChI=1S/C21H20F3N3O3/c1-14-3-2-4-16(11-14)27-19(28)10-9-18(26-27)20(29)25-12-15-5-7-17(8-6-15)30-13-21(22,23)24/h2-8,11H,9-10,12-13H2,1H3,(H,25,29). The average molecular weight is 419 g/mol. The fourth-order valence-electron chi connectivity index (χ4n) is 2.83. The highest BCUT2D eigenvalue weighted by atomic mass is 19.4. The van der Waals surface area contributed by atoms with Crippen molar-refractivity contribution >= 4 is 23.2 Å². The summed E-state index contributed by atoms with van der Waals surface area (Å²) in [5.41, 5.74) is 2.49. The molecule has 0 aliphatic carbocycles. The molecule has 1 heterocycles. The molecule has 1 aliphatic heterocycles. The highest BCUT2D eigenvalue weighted by Crippen LogP contribution is 2.22. The number of halogens is 3. The van der Waals surface area contributed by atoms with Crippen molar-refractivity contribution in [3.05, 3.63) is 59.7 Å². The molecule has 1 aliphatic rings. The van der Waals surface area contributed by atoms with Gasteiger partial charge in [-0.1, -0.05) is 24.3 Å². The number of carbonyl (C=O) groups is 2. The van der Waals surface area contributed by atoms with E-state index >= 15 is 0 Å². The van der Waals surface area contributed by atoms with E-state index in [1.165, 1.54) is 17.1 Å². The molecule has 0 unspecified atom stereocenters. The minimum absolute atomic E-state index is 0.0892. The largest absolute Gasteiger partial charge is 0.484 e. The summed E-state index contributed by atoms with van der Waals surface area (Å²) in [5.74, 6) is -0.504. The second-order valence-corrected chi connectivity index (χ2v) is 6.82. The molecule has 3 rings (SSSR count). The predicted octanol–water partition coefficient (Wildman–Crippen LogP) is 3.74. The van der Waals surface area contributed by atoms with Gasteiger partial charge in [0.1, 0.15) is 11.5 Å². The van der Waals surface area contributed by atoms with Crippen molar-refractivity contribution in [2.45, 2.75) is 32.5 Å². The minimum Gasteiger partial charge on any atom is -0.484 e. The Morgan fingerprint density at radius 1 is 1.17 bits per heavy atom. The fourth-order valence-corrected chi connectivity index (χ4v) is 2.83. The third-order valence-corrected chi connectivity index (χ3v) is 4.32. The van der Waals surface area contributed by atoms with Gasteiger partial charge in [-0.15, -0.1) is 0 Å². The van der Waals surface area contributed by atoms with Crippen LogP contribution in [-0.4, -0.2) is 30.3 Å². The summed E-state index contributed by atoms with van der Waals surface area (Å²) in [6.45, 7) is 0.698. The van der Waals surface area contributed by atoms with Crippen LogP contribution in [0, 0.1) is 6.92 Å². The lowest BCUT2D eigenvalue weighted by Gasteiger charge is -2.23. The zero-order valence-electron chi connectivity index (χ0n) is 16.2. The second kappa shape index (κ2) is 8.98. The van der Waals surface area contributed by atoms with Crippen molar-refractivity contribution in [1.29, 1.82) is 0 Å². The number of carbonyl (C=O) groups excluding carboxylic acids is 2. The van der Waals surface area contributed by atoms with Crippen LogP contribution < -0.4 is 15.1 Å². The smallest absolute Gasteiger partial charge is 0.422 e. The molecule has 0 spiro atoms. The number of amides is 2. The Balaban J connectivity index is 1.60. The molecule has 0 atom stereocenters. The Morgan fingerprint density at radius 2 is 1.90 bits per heavy atom. The van der Waals surface area contributed by atoms with Gasteiger partial charge in [0.05, 0.1) is 5.69 Å². The summed E-state index contributed by atoms with van der Waals surface area (Å²) < 4.78 is 41.2. The van der Waals surface area contributed by atoms with Gasteiger partial charge < -0.3 is 10.1 Å². The summed E-state index contributed by atoms with van der Waals surface area (Å²) in [4.78, 5) is 24.7. The van der Waals surface area contributed by atoms with Crippen LogP contribution >= 0.6 is 0 Å². The minimum atomic E-state index is -4.40. The lowest BCUT2D eigenvalue weighted by atomic mass is 10.1. The molecule has 2 aromatic carbocycles. The number of ether oxygens (including phenoxy) is 1. The van der Waals surface area contributed by atoms with E-state index in [1.807, 2.05) is 25.1 Å². The van der Waals surface area contributed by atoms with Gasteiger partial charge in [0.2, 0.25) is 5.91 Å². The summed E-state index contributed by atoms with van der Waals surface area (Å²) in [7, 11) is 0. The third-order valence-electron chi connectivity index (χ3n) is 4.32. The number of anilines is 1. The molecule has 158 valence electrons. The molecule has 0 bridgehead atoms. The molecule has 6 nitrogen and oxygen atoms in total.